The monoisotopic (exact) mass is 250 g/mol. The second-order valence-corrected chi connectivity index (χ2v) is 4.83. The van der Waals surface area contributed by atoms with E-state index >= 15 is 0 Å². The van der Waals surface area contributed by atoms with Crippen LogP contribution < -0.4 is 0 Å². The summed E-state index contributed by atoms with van der Waals surface area (Å²) < 4.78 is 0. The predicted molar refractivity (Wildman–Crippen MR) is 74.1 cm³/mol. The number of amides is 1. The molecule has 1 atom stereocenters. The van der Waals surface area contributed by atoms with E-state index in [9.17, 15) is 4.79 Å². The van der Waals surface area contributed by atoms with Gasteiger partial charge in [-0.15, -0.1) is 12.3 Å². The molecule has 3 rings (SSSR count). The van der Waals surface area contributed by atoms with E-state index in [1.165, 1.54) is 0 Å². The quantitative estimate of drug-likeness (QED) is 0.766. The van der Waals surface area contributed by atoms with Crippen molar-refractivity contribution >= 4 is 16.8 Å². The number of pyridine rings is 1. The molecule has 0 bridgehead atoms. The number of hydrogen-bond acceptors (Lipinski definition) is 2. The first kappa shape index (κ1) is 11.7. The van der Waals surface area contributed by atoms with Crippen molar-refractivity contribution in [2.75, 3.05) is 6.54 Å². The van der Waals surface area contributed by atoms with Gasteiger partial charge in [-0.1, -0.05) is 24.3 Å². The third kappa shape index (κ3) is 2.17. The highest BCUT2D eigenvalue weighted by molar-refractivity contribution is 5.83. The maximum atomic E-state index is 11.9. The fraction of sp³-hybridized carbons (Fsp3) is 0.250. The molecule has 1 unspecified atom stereocenters. The molecule has 0 saturated carbocycles. The molecule has 1 aliphatic rings. The van der Waals surface area contributed by atoms with Gasteiger partial charge in [-0.25, -0.2) is 0 Å². The van der Waals surface area contributed by atoms with Crippen LogP contribution in [0, 0.1) is 18.3 Å². The van der Waals surface area contributed by atoms with Gasteiger partial charge in [-0.2, -0.15) is 0 Å². The predicted octanol–water partition coefficient (Wildman–Crippen LogP) is 2.22. The first-order valence-corrected chi connectivity index (χ1v) is 6.34. The average molecular weight is 250 g/mol. The molecule has 1 aromatic carbocycles. The number of nitrogens with zero attached hydrogens (tertiary/aromatic N) is 2. The molecular formula is C16H14N2O. The van der Waals surface area contributed by atoms with E-state index in [-0.39, 0.29) is 11.8 Å². The van der Waals surface area contributed by atoms with Crippen LogP contribution in [0.5, 0.6) is 0 Å². The lowest BCUT2D eigenvalue weighted by Crippen LogP contribution is -2.24. The maximum Gasteiger partial charge on any atom is 0.224 e. The largest absolute Gasteiger partial charge is 0.337 e. The van der Waals surface area contributed by atoms with Crippen LogP contribution in [0.1, 0.15) is 12.0 Å². The van der Waals surface area contributed by atoms with Crippen molar-refractivity contribution in [1.82, 2.24) is 9.88 Å². The number of hydrogen-bond donors (Lipinski definition) is 0. The molecule has 2 aromatic rings. The number of fused-ring (bicyclic) bond motifs is 1. The van der Waals surface area contributed by atoms with Gasteiger partial charge in [0.05, 0.1) is 5.52 Å². The van der Waals surface area contributed by atoms with E-state index in [1.54, 1.807) is 6.20 Å². The van der Waals surface area contributed by atoms with Crippen molar-refractivity contribution in [2.24, 2.45) is 5.92 Å². The summed E-state index contributed by atoms with van der Waals surface area (Å²) in [7, 11) is 0. The lowest BCUT2D eigenvalue weighted by atomic mass is 10.1. The Hall–Kier alpha value is -2.34. The van der Waals surface area contributed by atoms with Crippen LogP contribution >= 0.6 is 0 Å². The molecule has 94 valence electrons. The Bertz CT molecular complexity index is 666. The van der Waals surface area contributed by atoms with Crippen LogP contribution in [0.2, 0.25) is 0 Å². The number of carbonyl (C=O) groups is 1. The normalized spacial score (nSPS) is 18.8. The minimum absolute atomic E-state index is 0.0513. The van der Waals surface area contributed by atoms with E-state index < -0.39 is 0 Å². The van der Waals surface area contributed by atoms with Gasteiger partial charge in [0.1, 0.15) is 0 Å². The molecule has 0 spiro atoms. The Morgan fingerprint density at radius 2 is 2.21 bits per heavy atom. The van der Waals surface area contributed by atoms with Gasteiger partial charge in [0, 0.05) is 37.0 Å². The van der Waals surface area contributed by atoms with Crippen molar-refractivity contribution < 1.29 is 4.79 Å². The standard InChI is InChI=1S/C16H14N2O/c1-2-12-9-15(19)18(10-12)11-14-6-3-5-13-7-4-8-17-16(13)14/h1,3-8,12H,9-11H2. The van der Waals surface area contributed by atoms with Gasteiger partial charge in [0.2, 0.25) is 5.91 Å². The summed E-state index contributed by atoms with van der Waals surface area (Å²) in [4.78, 5) is 18.1. The number of rotatable bonds is 2. The second kappa shape index (κ2) is 4.74. The van der Waals surface area contributed by atoms with Gasteiger partial charge < -0.3 is 4.90 Å². The highest BCUT2D eigenvalue weighted by Crippen LogP contribution is 2.22. The van der Waals surface area contributed by atoms with Crippen molar-refractivity contribution in [3.05, 3.63) is 42.1 Å². The lowest BCUT2D eigenvalue weighted by molar-refractivity contribution is -0.128. The zero-order valence-corrected chi connectivity index (χ0v) is 10.5. The molecule has 1 saturated heterocycles. The molecule has 0 N–H and O–H groups in total. The summed E-state index contributed by atoms with van der Waals surface area (Å²) >= 11 is 0. The molecule has 3 heteroatoms. The van der Waals surface area contributed by atoms with Crippen LogP contribution in [0.3, 0.4) is 0 Å². The van der Waals surface area contributed by atoms with Gasteiger partial charge in [-0.05, 0) is 11.6 Å². The number of para-hydroxylation sites is 1. The Kier molecular flexibility index (Phi) is 2.92. The number of carbonyl (C=O) groups excluding carboxylic acids is 1. The molecular weight excluding hydrogens is 236 g/mol. The number of aromatic nitrogens is 1. The van der Waals surface area contributed by atoms with Gasteiger partial charge in [0.25, 0.3) is 0 Å². The number of likely N-dealkylation sites (tertiary alicyclic amines) is 1. The van der Waals surface area contributed by atoms with Crippen LogP contribution in [0.4, 0.5) is 0 Å². The highest BCUT2D eigenvalue weighted by Gasteiger charge is 2.28. The molecule has 2 heterocycles. The van der Waals surface area contributed by atoms with E-state index in [0.717, 1.165) is 16.5 Å². The van der Waals surface area contributed by atoms with Crippen molar-refractivity contribution in [3.8, 4) is 12.3 Å². The van der Waals surface area contributed by atoms with Crippen molar-refractivity contribution in [1.29, 1.82) is 0 Å². The average Bonchev–Trinajstić information content (AvgIpc) is 2.80. The third-order valence-corrected chi connectivity index (χ3v) is 3.53. The summed E-state index contributed by atoms with van der Waals surface area (Å²) in [5.41, 5.74) is 2.03. The summed E-state index contributed by atoms with van der Waals surface area (Å²) in [5.74, 6) is 2.86. The van der Waals surface area contributed by atoms with Crippen LogP contribution in [-0.2, 0) is 11.3 Å². The molecule has 1 fully saturated rings. The van der Waals surface area contributed by atoms with E-state index in [0.29, 0.717) is 19.5 Å². The van der Waals surface area contributed by atoms with Crippen molar-refractivity contribution in [2.45, 2.75) is 13.0 Å². The summed E-state index contributed by atoms with van der Waals surface area (Å²) in [5, 5.41) is 1.10. The molecule has 1 aromatic heterocycles. The summed E-state index contributed by atoms with van der Waals surface area (Å²) in [6.07, 6.45) is 7.65. The smallest absolute Gasteiger partial charge is 0.224 e. The third-order valence-electron chi connectivity index (χ3n) is 3.53. The summed E-state index contributed by atoms with van der Waals surface area (Å²) in [6, 6.07) is 10.00. The Morgan fingerprint density at radius 3 is 3.00 bits per heavy atom. The fourth-order valence-electron chi connectivity index (χ4n) is 2.54. The first-order chi connectivity index (χ1) is 9.28. The zero-order chi connectivity index (χ0) is 13.2. The highest BCUT2D eigenvalue weighted by atomic mass is 16.2. The van der Waals surface area contributed by atoms with Crippen LogP contribution in [0.25, 0.3) is 10.9 Å². The van der Waals surface area contributed by atoms with Crippen LogP contribution in [0.15, 0.2) is 36.5 Å². The SMILES string of the molecule is C#CC1CC(=O)N(Cc2cccc3cccnc23)C1. The first-order valence-electron chi connectivity index (χ1n) is 6.34. The number of terminal acetylenes is 1. The van der Waals surface area contributed by atoms with E-state index in [2.05, 4.69) is 10.9 Å². The molecule has 0 aliphatic carbocycles. The topological polar surface area (TPSA) is 33.2 Å². The van der Waals surface area contributed by atoms with Gasteiger partial charge in [0.15, 0.2) is 0 Å². The molecule has 1 aliphatic heterocycles. The van der Waals surface area contributed by atoms with E-state index in [4.69, 9.17) is 6.42 Å². The van der Waals surface area contributed by atoms with Gasteiger partial charge >= 0.3 is 0 Å². The minimum atomic E-state index is 0.0513. The number of benzene rings is 1. The van der Waals surface area contributed by atoms with Crippen molar-refractivity contribution in [3.63, 3.8) is 0 Å². The molecule has 19 heavy (non-hydrogen) atoms. The summed E-state index contributed by atoms with van der Waals surface area (Å²) in [6.45, 7) is 1.24. The Labute approximate surface area is 112 Å². The van der Waals surface area contributed by atoms with E-state index in [1.807, 2.05) is 35.2 Å². The minimum Gasteiger partial charge on any atom is -0.337 e. The lowest BCUT2D eigenvalue weighted by Gasteiger charge is -2.16. The zero-order valence-electron chi connectivity index (χ0n) is 10.5. The van der Waals surface area contributed by atoms with Crippen LogP contribution in [-0.4, -0.2) is 22.3 Å². The molecule has 0 radical (unpaired) electrons. The molecule has 1 amide bonds. The maximum absolute atomic E-state index is 11.9. The fourth-order valence-corrected chi connectivity index (χ4v) is 2.54. The Balaban J connectivity index is 1.90. The molecule has 3 nitrogen and oxygen atoms in total. The Morgan fingerprint density at radius 1 is 1.37 bits per heavy atom. The second-order valence-electron chi connectivity index (χ2n) is 4.83. The van der Waals surface area contributed by atoms with Gasteiger partial charge in [-0.3, -0.25) is 9.78 Å².